The van der Waals surface area contributed by atoms with Gasteiger partial charge < -0.3 is 14.8 Å². The summed E-state index contributed by atoms with van der Waals surface area (Å²) in [6, 6.07) is 17.6. The molecule has 1 aliphatic heterocycles. The lowest BCUT2D eigenvalue weighted by Crippen LogP contribution is -2.40. The van der Waals surface area contributed by atoms with Gasteiger partial charge in [0.05, 0.1) is 41.5 Å². The average Bonchev–Trinajstić information content (AvgIpc) is 2.96. The van der Waals surface area contributed by atoms with Gasteiger partial charge in [-0.3, -0.25) is 9.10 Å². The van der Waals surface area contributed by atoms with Crippen LogP contribution in [-0.4, -0.2) is 67.0 Å². The number of morpholine rings is 1. The quantitative estimate of drug-likeness (QED) is 0.386. The van der Waals surface area contributed by atoms with Crippen LogP contribution in [0.3, 0.4) is 0 Å². The molecule has 0 bridgehead atoms. The minimum Gasteiger partial charge on any atom is -0.495 e. The molecule has 0 spiro atoms. The minimum atomic E-state index is -4.13. The van der Waals surface area contributed by atoms with Crippen LogP contribution in [0.15, 0.2) is 76.5 Å². The molecule has 1 fully saturated rings. The Bertz CT molecular complexity index is 1570. The summed E-state index contributed by atoms with van der Waals surface area (Å²) in [6.07, 6.45) is 0.549. The van der Waals surface area contributed by atoms with E-state index in [0.29, 0.717) is 25.3 Å². The first kappa shape index (κ1) is 29.5. The van der Waals surface area contributed by atoms with Gasteiger partial charge in [0.25, 0.3) is 10.0 Å². The summed E-state index contributed by atoms with van der Waals surface area (Å²) in [6.45, 7) is 4.25. The molecule has 4 rings (SSSR count). The van der Waals surface area contributed by atoms with Crippen molar-refractivity contribution in [3.63, 3.8) is 0 Å². The van der Waals surface area contributed by atoms with Crippen LogP contribution in [0.4, 0.5) is 11.4 Å². The van der Waals surface area contributed by atoms with Crippen LogP contribution in [0.1, 0.15) is 18.1 Å². The summed E-state index contributed by atoms with van der Waals surface area (Å²) in [5.41, 5.74) is 2.15. The number of anilines is 2. The summed E-state index contributed by atoms with van der Waals surface area (Å²) >= 11 is 0. The van der Waals surface area contributed by atoms with Crippen LogP contribution < -0.4 is 14.4 Å². The fraction of sp³-hybridized carbons (Fsp3) is 0.321. The largest absolute Gasteiger partial charge is 0.495 e. The third-order valence-corrected chi connectivity index (χ3v) is 10.3. The second kappa shape index (κ2) is 12.4. The molecule has 3 aromatic rings. The Balaban J connectivity index is 1.68. The average molecular weight is 588 g/mol. The van der Waals surface area contributed by atoms with Crippen molar-refractivity contribution in [2.24, 2.45) is 0 Å². The molecule has 0 aromatic heterocycles. The summed E-state index contributed by atoms with van der Waals surface area (Å²) in [4.78, 5) is 13.4. The Morgan fingerprint density at radius 1 is 0.975 bits per heavy atom. The van der Waals surface area contributed by atoms with E-state index in [0.717, 1.165) is 15.4 Å². The van der Waals surface area contributed by atoms with Crippen molar-refractivity contribution in [1.82, 2.24) is 4.31 Å². The van der Waals surface area contributed by atoms with Crippen LogP contribution in [0.5, 0.6) is 5.75 Å². The molecule has 0 atom stereocenters. The van der Waals surface area contributed by atoms with Crippen LogP contribution >= 0.6 is 0 Å². The van der Waals surface area contributed by atoms with Gasteiger partial charge in [0.1, 0.15) is 12.3 Å². The molecule has 0 saturated carbocycles. The number of nitrogens with one attached hydrogen (secondary N) is 1. The number of carbonyl (C=O) groups is 1. The number of ether oxygens (including phenoxy) is 2. The molecule has 40 heavy (non-hydrogen) atoms. The van der Waals surface area contributed by atoms with Crippen LogP contribution in [0.25, 0.3) is 0 Å². The van der Waals surface area contributed by atoms with Gasteiger partial charge in [-0.15, -0.1) is 0 Å². The molecule has 1 aliphatic rings. The van der Waals surface area contributed by atoms with Gasteiger partial charge in [0, 0.05) is 13.1 Å². The number of hydrogen-bond donors (Lipinski definition) is 1. The Labute approximate surface area is 235 Å². The highest BCUT2D eigenvalue weighted by molar-refractivity contribution is 7.92. The second-order valence-electron chi connectivity index (χ2n) is 9.23. The van der Waals surface area contributed by atoms with Crippen molar-refractivity contribution >= 4 is 37.3 Å². The predicted molar refractivity (Wildman–Crippen MR) is 153 cm³/mol. The fourth-order valence-corrected chi connectivity index (χ4v) is 7.29. The highest BCUT2D eigenvalue weighted by Crippen LogP contribution is 2.31. The van der Waals surface area contributed by atoms with Crippen molar-refractivity contribution < 1.29 is 31.1 Å². The molecular formula is C28H33N3O7S2. The number of aryl methyl sites for hydroxylation is 2. The highest BCUT2D eigenvalue weighted by atomic mass is 32.2. The van der Waals surface area contributed by atoms with Gasteiger partial charge in [0.15, 0.2) is 0 Å². The number of hydrogen-bond acceptors (Lipinski definition) is 7. The maximum atomic E-state index is 13.8. The van der Waals surface area contributed by atoms with E-state index >= 15 is 0 Å². The van der Waals surface area contributed by atoms with Crippen molar-refractivity contribution in [1.29, 1.82) is 0 Å². The van der Waals surface area contributed by atoms with Crippen LogP contribution in [0, 0.1) is 6.92 Å². The molecule has 10 nitrogen and oxygen atoms in total. The molecule has 12 heteroatoms. The SMILES string of the molecule is CCc1ccccc1N(CC(=O)Nc1cc(S(=O)(=O)N2CCOCC2)ccc1OC)S(=O)(=O)c1ccc(C)cc1. The topological polar surface area (TPSA) is 122 Å². The molecule has 0 aliphatic carbocycles. The molecule has 1 saturated heterocycles. The smallest absolute Gasteiger partial charge is 0.264 e. The molecule has 214 valence electrons. The van der Waals surface area contributed by atoms with Crippen molar-refractivity contribution in [2.75, 3.05) is 49.6 Å². The fourth-order valence-electron chi connectivity index (χ4n) is 4.39. The zero-order valence-corrected chi connectivity index (χ0v) is 24.3. The van der Waals surface area contributed by atoms with Gasteiger partial charge in [0.2, 0.25) is 15.9 Å². The van der Waals surface area contributed by atoms with E-state index in [1.807, 2.05) is 26.0 Å². The van der Waals surface area contributed by atoms with E-state index in [2.05, 4.69) is 5.32 Å². The van der Waals surface area contributed by atoms with Crippen molar-refractivity contribution in [2.45, 2.75) is 30.1 Å². The molecular weight excluding hydrogens is 554 g/mol. The van der Waals surface area contributed by atoms with Gasteiger partial charge in [-0.25, -0.2) is 16.8 Å². The van der Waals surface area contributed by atoms with E-state index in [4.69, 9.17) is 9.47 Å². The first-order chi connectivity index (χ1) is 19.1. The maximum absolute atomic E-state index is 13.8. The lowest BCUT2D eigenvalue weighted by molar-refractivity contribution is -0.114. The van der Waals surface area contributed by atoms with Crippen LogP contribution in [-0.2, 0) is 36.0 Å². The van der Waals surface area contributed by atoms with Crippen molar-refractivity contribution in [3.8, 4) is 5.75 Å². The maximum Gasteiger partial charge on any atom is 0.264 e. The predicted octanol–water partition coefficient (Wildman–Crippen LogP) is 3.42. The number of carbonyl (C=O) groups excluding carboxylic acids is 1. The zero-order chi connectivity index (χ0) is 28.9. The standard InChI is InChI=1S/C28H33N3O7S2/c1-4-22-7-5-6-8-26(22)31(40(35,36)23-11-9-21(2)10-12-23)20-28(32)29-25-19-24(13-14-27(25)37-3)39(33,34)30-15-17-38-18-16-30/h5-14,19H,4,15-18,20H2,1-3H3,(H,29,32). The van der Waals surface area contributed by atoms with E-state index in [1.165, 1.54) is 41.7 Å². The Morgan fingerprint density at radius 2 is 1.62 bits per heavy atom. The monoisotopic (exact) mass is 587 g/mol. The van der Waals surface area contributed by atoms with E-state index in [9.17, 15) is 21.6 Å². The molecule has 0 unspecified atom stereocenters. The highest BCUT2D eigenvalue weighted by Gasteiger charge is 2.30. The number of nitrogens with zero attached hydrogens (tertiary/aromatic N) is 2. The Morgan fingerprint density at radius 3 is 2.27 bits per heavy atom. The second-order valence-corrected chi connectivity index (χ2v) is 13.0. The van der Waals surface area contributed by atoms with Gasteiger partial charge in [-0.05, 0) is 55.3 Å². The number of benzene rings is 3. The van der Waals surface area contributed by atoms with E-state index in [1.54, 1.807) is 24.3 Å². The molecule has 1 amide bonds. The number of rotatable bonds is 10. The number of para-hydroxylation sites is 1. The molecule has 0 radical (unpaired) electrons. The number of amides is 1. The normalized spacial score (nSPS) is 14.5. The summed E-state index contributed by atoms with van der Waals surface area (Å²) in [5, 5.41) is 2.67. The number of sulfonamides is 2. The summed E-state index contributed by atoms with van der Waals surface area (Å²) in [5.74, 6) is -0.433. The lowest BCUT2D eigenvalue weighted by atomic mass is 10.1. The lowest BCUT2D eigenvalue weighted by Gasteiger charge is -2.27. The van der Waals surface area contributed by atoms with E-state index in [-0.39, 0.29) is 34.3 Å². The van der Waals surface area contributed by atoms with Gasteiger partial charge >= 0.3 is 0 Å². The van der Waals surface area contributed by atoms with Gasteiger partial charge in [-0.2, -0.15) is 4.31 Å². The third kappa shape index (κ3) is 6.30. The first-order valence-corrected chi connectivity index (χ1v) is 15.7. The number of methoxy groups -OCH3 is 1. The van der Waals surface area contributed by atoms with Crippen LogP contribution in [0.2, 0.25) is 0 Å². The van der Waals surface area contributed by atoms with Crippen molar-refractivity contribution in [3.05, 3.63) is 77.9 Å². The molecule has 3 aromatic carbocycles. The van der Waals surface area contributed by atoms with E-state index < -0.39 is 32.5 Å². The first-order valence-electron chi connectivity index (χ1n) is 12.8. The Hall–Kier alpha value is -3.45. The van der Waals surface area contributed by atoms with Gasteiger partial charge in [-0.1, -0.05) is 42.8 Å². The minimum absolute atomic E-state index is 0.0223. The summed E-state index contributed by atoms with van der Waals surface area (Å²) in [7, 11) is -6.57. The zero-order valence-electron chi connectivity index (χ0n) is 22.7. The third-order valence-electron chi connectivity index (χ3n) is 6.59. The molecule has 1 N–H and O–H groups in total. The Kier molecular flexibility index (Phi) is 9.14. The summed E-state index contributed by atoms with van der Waals surface area (Å²) < 4.78 is 67.0. The molecule has 1 heterocycles.